The highest BCUT2D eigenvalue weighted by atomic mass is 19.1. The average molecular weight is 183 g/mol. The molecule has 0 bridgehead atoms. The molecule has 1 aliphatic carbocycles. The summed E-state index contributed by atoms with van der Waals surface area (Å²) in [6.07, 6.45) is 1.88. The highest BCUT2D eigenvalue weighted by Gasteiger charge is 2.29. The summed E-state index contributed by atoms with van der Waals surface area (Å²) in [6, 6.07) is 3.69. The topological polar surface area (TPSA) is 26.0 Å². The van der Waals surface area contributed by atoms with Gasteiger partial charge >= 0.3 is 0 Å². The summed E-state index contributed by atoms with van der Waals surface area (Å²) in [7, 11) is 0. The Bertz CT molecular complexity index is 304. The smallest absolute Gasteiger partial charge is 0.126 e. The van der Waals surface area contributed by atoms with Gasteiger partial charge in [0, 0.05) is 12.1 Å². The van der Waals surface area contributed by atoms with E-state index in [0.717, 1.165) is 18.9 Å². The van der Waals surface area contributed by atoms with Crippen molar-refractivity contribution in [3.8, 4) is 0 Å². The molecule has 70 valence electrons. The standard InChI is InChI=1S/C10H11F2N/c11-7-3-6(4-8(12)5-7)9-1-2-10(9)13/h3-5,9-10H,1-2,13H2. The van der Waals surface area contributed by atoms with Crippen LogP contribution in [0.25, 0.3) is 0 Å². The Labute approximate surface area is 75.6 Å². The SMILES string of the molecule is NC1CCC1c1cc(F)cc(F)c1. The van der Waals surface area contributed by atoms with Crippen molar-refractivity contribution in [2.45, 2.75) is 24.8 Å². The van der Waals surface area contributed by atoms with Crippen LogP contribution in [0.15, 0.2) is 18.2 Å². The van der Waals surface area contributed by atoms with Gasteiger partial charge in [0.25, 0.3) is 0 Å². The molecule has 2 unspecified atom stereocenters. The number of halogens is 2. The maximum atomic E-state index is 12.8. The van der Waals surface area contributed by atoms with Crippen LogP contribution in [0.4, 0.5) is 8.78 Å². The highest BCUT2D eigenvalue weighted by Crippen LogP contribution is 2.35. The molecule has 3 heteroatoms. The summed E-state index contributed by atoms with van der Waals surface area (Å²) < 4.78 is 25.6. The van der Waals surface area contributed by atoms with Gasteiger partial charge in [-0.15, -0.1) is 0 Å². The molecule has 2 N–H and O–H groups in total. The van der Waals surface area contributed by atoms with E-state index < -0.39 is 11.6 Å². The fourth-order valence-corrected chi connectivity index (χ4v) is 1.73. The number of rotatable bonds is 1. The lowest BCUT2D eigenvalue weighted by atomic mass is 9.75. The molecular formula is C10H11F2N. The minimum atomic E-state index is -0.519. The van der Waals surface area contributed by atoms with Gasteiger partial charge < -0.3 is 5.73 Å². The first kappa shape index (κ1) is 8.63. The lowest BCUT2D eigenvalue weighted by Crippen LogP contribution is -2.37. The Hall–Kier alpha value is -0.960. The number of benzene rings is 1. The molecule has 1 aromatic carbocycles. The van der Waals surface area contributed by atoms with Gasteiger partial charge in [-0.2, -0.15) is 0 Å². The molecule has 0 aromatic heterocycles. The van der Waals surface area contributed by atoms with Crippen LogP contribution in [0.1, 0.15) is 24.3 Å². The summed E-state index contributed by atoms with van der Waals surface area (Å²) in [5.41, 5.74) is 6.40. The van der Waals surface area contributed by atoms with Crippen LogP contribution in [-0.2, 0) is 0 Å². The zero-order valence-electron chi connectivity index (χ0n) is 7.13. The van der Waals surface area contributed by atoms with Crippen molar-refractivity contribution in [1.82, 2.24) is 0 Å². The summed E-state index contributed by atoms with van der Waals surface area (Å²) in [5, 5.41) is 0. The Morgan fingerprint density at radius 2 is 1.69 bits per heavy atom. The lowest BCUT2D eigenvalue weighted by Gasteiger charge is -2.33. The molecule has 1 nitrogen and oxygen atoms in total. The van der Waals surface area contributed by atoms with Crippen LogP contribution in [0.3, 0.4) is 0 Å². The first-order chi connectivity index (χ1) is 6.16. The third-order valence-corrected chi connectivity index (χ3v) is 2.64. The summed E-state index contributed by atoms with van der Waals surface area (Å²) in [4.78, 5) is 0. The van der Waals surface area contributed by atoms with Crippen LogP contribution in [0.2, 0.25) is 0 Å². The van der Waals surface area contributed by atoms with E-state index in [4.69, 9.17) is 5.73 Å². The van der Waals surface area contributed by atoms with Crippen LogP contribution in [0, 0.1) is 11.6 Å². The van der Waals surface area contributed by atoms with Gasteiger partial charge in [0.2, 0.25) is 0 Å². The van der Waals surface area contributed by atoms with Crippen molar-refractivity contribution in [2.24, 2.45) is 5.73 Å². The second kappa shape index (κ2) is 3.07. The Balaban J connectivity index is 2.29. The van der Waals surface area contributed by atoms with Gasteiger partial charge in [0.05, 0.1) is 0 Å². The molecule has 0 heterocycles. The monoisotopic (exact) mass is 183 g/mol. The molecule has 1 aliphatic rings. The van der Waals surface area contributed by atoms with E-state index in [-0.39, 0.29) is 12.0 Å². The summed E-state index contributed by atoms with van der Waals surface area (Å²) >= 11 is 0. The third kappa shape index (κ3) is 1.56. The fourth-order valence-electron chi connectivity index (χ4n) is 1.73. The molecule has 0 aliphatic heterocycles. The molecular weight excluding hydrogens is 172 g/mol. The van der Waals surface area contributed by atoms with Gasteiger partial charge in [0.15, 0.2) is 0 Å². The fraction of sp³-hybridized carbons (Fsp3) is 0.400. The number of nitrogens with two attached hydrogens (primary N) is 1. The van der Waals surface area contributed by atoms with Crippen LogP contribution < -0.4 is 5.73 Å². The van der Waals surface area contributed by atoms with E-state index in [2.05, 4.69) is 0 Å². The van der Waals surface area contributed by atoms with Gasteiger partial charge in [-0.1, -0.05) is 0 Å². The lowest BCUT2D eigenvalue weighted by molar-refractivity contribution is 0.344. The first-order valence-corrected chi connectivity index (χ1v) is 4.38. The minimum Gasteiger partial charge on any atom is -0.327 e. The molecule has 13 heavy (non-hydrogen) atoms. The molecule has 2 atom stereocenters. The van der Waals surface area contributed by atoms with Crippen LogP contribution in [0.5, 0.6) is 0 Å². The maximum absolute atomic E-state index is 12.8. The molecule has 2 rings (SSSR count). The zero-order chi connectivity index (χ0) is 9.42. The maximum Gasteiger partial charge on any atom is 0.126 e. The number of hydrogen-bond donors (Lipinski definition) is 1. The molecule has 1 fully saturated rings. The van der Waals surface area contributed by atoms with Crippen molar-refractivity contribution in [3.05, 3.63) is 35.4 Å². The zero-order valence-corrected chi connectivity index (χ0v) is 7.13. The minimum absolute atomic E-state index is 0.0706. The van der Waals surface area contributed by atoms with Crippen molar-refractivity contribution >= 4 is 0 Å². The first-order valence-electron chi connectivity index (χ1n) is 4.38. The number of hydrogen-bond acceptors (Lipinski definition) is 1. The van der Waals surface area contributed by atoms with Gasteiger partial charge in [-0.3, -0.25) is 0 Å². The van der Waals surface area contributed by atoms with Crippen molar-refractivity contribution in [3.63, 3.8) is 0 Å². The third-order valence-electron chi connectivity index (χ3n) is 2.64. The largest absolute Gasteiger partial charge is 0.327 e. The van der Waals surface area contributed by atoms with E-state index in [0.29, 0.717) is 5.56 Å². The van der Waals surface area contributed by atoms with E-state index in [1.807, 2.05) is 0 Å². The molecule has 1 saturated carbocycles. The molecule has 0 radical (unpaired) electrons. The quantitative estimate of drug-likeness (QED) is 0.709. The second-order valence-corrected chi connectivity index (χ2v) is 3.55. The van der Waals surface area contributed by atoms with Crippen LogP contribution in [-0.4, -0.2) is 6.04 Å². The van der Waals surface area contributed by atoms with E-state index in [1.54, 1.807) is 0 Å². The van der Waals surface area contributed by atoms with E-state index in [9.17, 15) is 8.78 Å². The van der Waals surface area contributed by atoms with Crippen molar-refractivity contribution in [1.29, 1.82) is 0 Å². The Morgan fingerprint density at radius 1 is 1.08 bits per heavy atom. The van der Waals surface area contributed by atoms with Crippen molar-refractivity contribution < 1.29 is 8.78 Å². The average Bonchev–Trinajstić information content (AvgIpc) is 1.99. The van der Waals surface area contributed by atoms with E-state index >= 15 is 0 Å². The molecule has 0 saturated heterocycles. The predicted octanol–water partition coefficient (Wildman–Crippen LogP) is 2.17. The van der Waals surface area contributed by atoms with E-state index in [1.165, 1.54) is 12.1 Å². The van der Waals surface area contributed by atoms with Crippen molar-refractivity contribution in [2.75, 3.05) is 0 Å². The predicted molar refractivity (Wildman–Crippen MR) is 46.3 cm³/mol. The summed E-state index contributed by atoms with van der Waals surface area (Å²) in [6.45, 7) is 0. The highest BCUT2D eigenvalue weighted by molar-refractivity contribution is 5.25. The molecule has 1 aromatic rings. The second-order valence-electron chi connectivity index (χ2n) is 3.55. The normalized spacial score (nSPS) is 27.0. The summed E-state index contributed by atoms with van der Waals surface area (Å²) in [5.74, 6) is -0.895. The van der Waals surface area contributed by atoms with Crippen LogP contribution >= 0.6 is 0 Å². The van der Waals surface area contributed by atoms with Gasteiger partial charge in [0.1, 0.15) is 11.6 Å². The van der Waals surface area contributed by atoms with Gasteiger partial charge in [-0.05, 0) is 36.5 Å². The van der Waals surface area contributed by atoms with Gasteiger partial charge in [-0.25, -0.2) is 8.78 Å². The Kier molecular flexibility index (Phi) is 2.04. The Morgan fingerprint density at radius 3 is 2.08 bits per heavy atom. The molecule has 0 amide bonds. The molecule has 0 spiro atoms.